The number of carbonyl (C=O) groups is 2. The molecule has 0 bridgehead atoms. The number of halogens is 1. The Bertz CT molecular complexity index is 783. The third-order valence-electron chi connectivity index (χ3n) is 4.69. The van der Waals surface area contributed by atoms with Gasteiger partial charge in [0, 0.05) is 17.3 Å². The minimum Gasteiger partial charge on any atom is -0.349 e. The molecule has 1 aliphatic carbocycles. The van der Waals surface area contributed by atoms with Crippen LogP contribution in [0.25, 0.3) is 0 Å². The van der Waals surface area contributed by atoms with Gasteiger partial charge in [-0.1, -0.05) is 55.5 Å². The van der Waals surface area contributed by atoms with Crippen LogP contribution < -0.4 is 10.6 Å². The summed E-state index contributed by atoms with van der Waals surface area (Å²) in [7, 11) is 0. The summed E-state index contributed by atoms with van der Waals surface area (Å²) < 4.78 is 0. The maximum absolute atomic E-state index is 12.5. The van der Waals surface area contributed by atoms with Gasteiger partial charge in [-0.05, 0) is 43.2 Å². The summed E-state index contributed by atoms with van der Waals surface area (Å²) in [6, 6.07) is 14.1. The predicted molar refractivity (Wildman–Crippen MR) is 105 cm³/mol. The number of amides is 2. The molecule has 2 N–H and O–H groups in total. The molecule has 0 saturated heterocycles. The molecule has 26 heavy (non-hydrogen) atoms. The fourth-order valence-electron chi connectivity index (χ4n) is 3.27. The van der Waals surface area contributed by atoms with Crippen LogP contribution in [0, 0.1) is 0 Å². The third-order valence-corrected chi connectivity index (χ3v) is 5.02. The molecule has 3 rings (SSSR count). The number of rotatable bonds is 4. The van der Waals surface area contributed by atoms with E-state index in [9.17, 15) is 9.59 Å². The molecule has 0 unspecified atom stereocenters. The van der Waals surface area contributed by atoms with E-state index in [1.54, 1.807) is 48.5 Å². The van der Waals surface area contributed by atoms with Crippen molar-refractivity contribution in [3.8, 4) is 0 Å². The average Bonchev–Trinajstić information content (AvgIpc) is 2.91. The monoisotopic (exact) mass is 370 g/mol. The van der Waals surface area contributed by atoms with E-state index in [0.717, 1.165) is 12.8 Å². The van der Waals surface area contributed by atoms with E-state index in [1.165, 1.54) is 25.7 Å². The van der Waals surface area contributed by atoms with Crippen molar-refractivity contribution in [1.29, 1.82) is 0 Å². The van der Waals surface area contributed by atoms with Gasteiger partial charge in [0.05, 0.1) is 10.6 Å². The van der Waals surface area contributed by atoms with Gasteiger partial charge < -0.3 is 10.6 Å². The number of carbonyl (C=O) groups excluding carboxylic acids is 2. The number of hydrogen-bond acceptors (Lipinski definition) is 2. The minimum atomic E-state index is -0.295. The Morgan fingerprint density at radius 1 is 0.885 bits per heavy atom. The maximum atomic E-state index is 12.5. The Hall–Kier alpha value is -2.33. The van der Waals surface area contributed by atoms with Crippen molar-refractivity contribution in [2.45, 2.75) is 44.6 Å². The Morgan fingerprint density at radius 3 is 2.35 bits per heavy atom. The molecule has 5 heteroatoms. The summed E-state index contributed by atoms with van der Waals surface area (Å²) in [6.45, 7) is 0. The highest BCUT2D eigenvalue weighted by atomic mass is 35.5. The van der Waals surface area contributed by atoms with Crippen molar-refractivity contribution in [1.82, 2.24) is 5.32 Å². The lowest BCUT2D eigenvalue weighted by atomic mass is 10.1. The molecule has 1 saturated carbocycles. The summed E-state index contributed by atoms with van der Waals surface area (Å²) in [5.74, 6) is -0.386. The van der Waals surface area contributed by atoms with Crippen LogP contribution in [0.4, 0.5) is 5.69 Å². The van der Waals surface area contributed by atoms with Gasteiger partial charge in [-0.15, -0.1) is 0 Å². The lowest BCUT2D eigenvalue weighted by Gasteiger charge is -2.16. The van der Waals surface area contributed by atoms with Gasteiger partial charge in [0.1, 0.15) is 0 Å². The fraction of sp³-hybridized carbons (Fsp3) is 0.333. The first-order valence-corrected chi connectivity index (χ1v) is 9.48. The maximum Gasteiger partial charge on any atom is 0.257 e. The highest BCUT2D eigenvalue weighted by Crippen LogP contribution is 2.20. The van der Waals surface area contributed by atoms with Crippen molar-refractivity contribution in [2.24, 2.45) is 0 Å². The van der Waals surface area contributed by atoms with Crippen LogP contribution in [0.5, 0.6) is 0 Å². The summed E-state index contributed by atoms with van der Waals surface area (Å²) >= 11 is 6.06. The molecule has 0 aromatic heterocycles. The summed E-state index contributed by atoms with van der Waals surface area (Å²) in [5, 5.41) is 6.32. The number of anilines is 1. The smallest absolute Gasteiger partial charge is 0.257 e. The van der Waals surface area contributed by atoms with Crippen molar-refractivity contribution >= 4 is 29.1 Å². The zero-order valence-electron chi connectivity index (χ0n) is 14.6. The Labute approximate surface area is 158 Å². The van der Waals surface area contributed by atoms with Crippen LogP contribution in [-0.2, 0) is 0 Å². The van der Waals surface area contributed by atoms with Crippen molar-refractivity contribution < 1.29 is 9.59 Å². The highest BCUT2D eigenvalue weighted by Gasteiger charge is 2.16. The first kappa shape index (κ1) is 18.5. The van der Waals surface area contributed by atoms with Crippen LogP contribution in [0.1, 0.15) is 59.2 Å². The molecule has 0 radical (unpaired) electrons. The topological polar surface area (TPSA) is 58.2 Å². The van der Waals surface area contributed by atoms with Crippen LogP contribution in [0.15, 0.2) is 48.5 Å². The van der Waals surface area contributed by atoms with E-state index in [0.29, 0.717) is 21.8 Å². The number of nitrogens with one attached hydrogen (secondary N) is 2. The molecule has 0 spiro atoms. The Morgan fingerprint density at radius 2 is 1.62 bits per heavy atom. The molecule has 2 aromatic rings. The lowest BCUT2D eigenvalue weighted by Crippen LogP contribution is -2.34. The van der Waals surface area contributed by atoms with Gasteiger partial charge in [0.15, 0.2) is 0 Å². The minimum absolute atomic E-state index is 0.0919. The molecule has 136 valence electrons. The zero-order chi connectivity index (χ0) is 18.4. The second-order valence-electron chi connectivity index (χ2n) is 6.68. The molecular weight excluding hydrogens is 348 g/mol. The standard InChI is InChI=1S/C21H23ClN2O2/c22-19-13-6-5-12-18(19)21(26)24-17-11-7-8-15(14-17)20(25)23-16-9-3-1-2-4-10-16/h5-8,11-14,16H,1-4,9-10H2,(H,23,25)(H,24,26). The number of hydrogen-bond donors (Lipinski definition) is 2. The lowest BCUT2D eigenvalue weighted by molar-refractivity contribution is 0.0932. The van der Waals surface area contributed by atoms with E-state index in [1.807, 2.05) is 0 Å². The normalized spacial score (nSPS) is 15.1. The summed E-state index contributed by atoms with van der Waals surface area (Å²) in [4.78, 5) is 24.9. The number of benzene rings is 2. The van der Waals surface area contributed by atoms with Crippen molar-refractivity contribution in [3.63, 3.8) is 0 Å². The molecule has 0 aliphatic heterocycles. The first-order valence-electron chi connectivity index (χ1n) is 9.10. The molecule has 2 aromatic carbocycles. The van der Waals surface area contributed by atoms with E-state index in [2.05, 4.69) is 10.6 Å². The molecule has 0 atom stereocenters. The van der Waals surface area contributed by atoms with E-state index in [4.69, 9.17) is 11.6 Å². The van der Waals surface area contributed by atoms with Gasteiger partial charge >= 0.3 is 0 Å². The molecular formula is C21H23ClN2O2. The van der Waals surface area contributed by atoms with Crippen LogP contribution >= 0.6 is 11.6 Å². The summed E-state index contributed by atoms with van der Waals surface area (Å²) in [5.41, 5.74) is 1.53. The average molecular weight is 371 g/mol. The van der Waals surface area contributed by atoms with E-state index >= 15 is 0 Å². The van der Waals surface area contributed by atoms with Gasteiger partial charge in [0.2, 0.25) is 0 Å². The zero-order valence-corrected chi connectivity index (χ0v) is 15.4. The quantitative estimate of drug-likeness (QED) is 0.740. The van der Waals surface area contributed by atoms with Gasteiger partial charge in [-0.3, -0.25) is 9.59 Å². The van der Waals surface area contributed by atoms with Gasteiger partial charge in [-0.2, -0.15) is 0 Å². The largest absolute Gasteiger partial charge is 0.349 e. The van der Waals surface area contributed by atoms with Crippen molar-refractivity contribution in [3.05, 3.63) is 64.7 Å². The predicted octanol–water partition coefficient (Wildman–Crippen LogP) is 5.04. The van der Waals surface area contributed by atoms with Crippen LogP contribution in [0.3, 0.4) is 0 Å². The SMILES string of the molecule is O=C(NC1CCCCCC1)c1cccc(NC(=O)c2ccccc2Cl)c1. The third kappa shape index (κ3) is 4.85. The van der Waals surface area contributed by atoms with Crippen LogP contribution in [-0.4, -0.2) is 17.9 Å². The fourth-order valence-corrected chi connectivity index (χ4v) is 3.50. The van der Waals surface area contributed by atoms with Crippen molar-refractivity contribution in [2.75, 3.05) is 5.32 Å². The summed E-state index contributed by atoms with van der Waals surface area (Å²) in [6.07, 6.45) is 6.90. The molecule has 4 nitrogen and oxygen atoms in total. The highest BCUT2D eigenvalue weighted by molar-refractivity contribution is 6.34. The van der Waals surface area contributed by atoms with Crippen LogP contribution in [0.2, 0.25) is 5.02 Å². The first-order chi connectivity index (χ1) is 12.6. The Kier molecular flexibility index (Phi) is 6.29. The van der Waals surface area contributed by atoms with E-state index in [-0.39, 0.29) is 17.9 Å². The molecule has 1 aliphatic rings. The van der Waals surface area contributed by atoms with E-state index < -0.39 is 0 Å². The molecule has 2 amide bonds. The second-order valence-corrected chi connectivity index (χ2v) is 7.08. The Balaban J connectivity index is 1.66. The van der Waals surface area contributed by atoms with Gasteiger partial charge in [0.25, 0.3) is 11.8 Å². The van der Waals surface area contributed by atoms with Gasteiger partial charge in [-0.25, -0.2) is 0 Å². The second kappa shape index (κ2) is 8.86. The molecule has 1 fully saturated rings. The molecule has 0 heterocycles.